The number of aliphatic carboxylic acids is 1. The van der Waals surface area contributed by atoms with Gasteiger partial charge < -0.3 is 15.3 Å². The van der Waals surface area contributed by atoms with Gasteiger partial charge in [-0.25, -0.2) is 0 Å². The lowest BCUT2D eigenvalue weighted by Crippen LogP contribution is -2.42. The van der Waals surface area contributed by atoms with Gasteiger partial charge in [0, 0.05) is 26.7 Å². The Labute approximate surface area is 103 Å². The summed E-state index contributed by atoms with van der Waals surface area (Å²) in [4.78, 5) is 26.0. The number of carboxylic acid groups (broad SMARTS) is 1. The lowest BCUT2D eigenvalue weighted by atomic mass is 10.1. The third-order valence-corrected chi connectivity index (χ3v) is 2.46. The first kappa shape index (κ1) is 15.9. The van der Waals surface area contributed by atoms with Crippen molar-refractivity contribution in [1.82, 2.24) is 15.1 Å². The quantitative estimate of drug-likeness (QED) is 0.592. The maximum atomic E-state index is 11.3. The topological polar surface area (TPSA) is 72.9 Å². The highest BCUT2D eigenvalue weighted by Crippen LogP contribution is 2.00. The summed E-state index contributed by atoms with van der Waals surface area (Å²) >= 11 is 0. The van der Waals surface area contributed by atoms with Gasteiger partial charge in [-0.1, -0.05) is 6.92 Å². The molecule has 0 aromatic heterocycles. The molecule has 0 fully saturated rings. The van der Waals surface area contributed by atoms with Crippen molar-refractivity contribution in [2.45, 2.75) is 6.92 Å². The molecule has 6 nitrogen and oxygen atoms in total. The van der Waals surface area contributed by atoms with Crippen molar-refractivity contribution in [1.29, 1.82) is 0 Å². The van der Waals surface area contributed by atoms with E-state index in [-0.39, 0.29) is 12.5 Å². The molecule has 0 aromatic carbocycles. The highest BCUT2D eigenvalue weighted by molar-refractivity contribution is 5.77. The summed E-state index contributed by atoms with van der Waals surface area (Å²) in [5.41, 5.74) is 0. The Balaban J connectivity index is 4.28. The summed E-state index contributed by atoms with van der Waals surface area (Å²) in [6.45, 7) is 3.74. The van der Waals surface area contributed by atoms with Gasteiger partial charge in [-0.15, -0.1) is 0 Å². The summed E-state index contributed by atoms with van der Waals surface area (Å²) in [5.74, 6) is -1.40. The molecule has 0 aliphatic rings. The average molecular weight is 245 g/mol. The molecule has 17 heavy (non-hydrogen) atoms. The largest absolute Gasteiger partial charge is 0.481 e. The summed E-state index contributed by atoms with van der Waals surface area (Å²) in [6, 6.07) is 0. The molecule has 1 atom stereocenters. The van der Waals surface area contributed by atoms with Crippen molar-refractivity contribution in [3.63, 3.8) is 0 Å². The smallest absolute Gasteiger partial charge is 0.307 e. The van der Waals surface area contributed by atoms with Crippen LogP contribution >= 0.6 is 0 Å². The van der Waals surface area contributed by atoms with E-state index in [0.29, 0.717) is 13.1 Å². The van der Waals surface area contributed by atoms with Crippen molar-refractivity contribution in [3.05, 3.63) is 0 Å². The molecule has 1 unspecified atom stereocenters. The van der Waals surface area contributed by atoms with Crippen LogP contribution in [0.4, 0.5) is 0 Å². The van der Waals surface area contributed by atoms with Crippen LogP contribution in [0, 0.1) is 5.92 Å². The standard InChI is InChI=1S/C11H23N3O3/c1-9(11(16)17)7-14(6-5-13(3)4)8-10(15)12-2/h9H,5-8H2,1-4H3,(H,12,15)(H,16,17). The first-order valence-corrected chi connectivity index (χ1v) is 5.67. The lowest BCUT2D eigenvalue weighted by molar-refractivity contribution is -0.142. The monoisotopic (exact) mass is 245 g/mol. The van der Waals surface area contributed by atoms with Crippen molar-refractivity contribution >= 4 is 11.9 Å². The fourth-order valence-corrected chi connectivity index (χ4v) is 1.32. The molecule has 0 radical (unpaired) electrons. The molecule has 0 spiro atoms. The predicted molar refractivity (Wildman–Crippen MR) is 65.9 cm³/mol. The Bertz CT molecular complexity index is 256. The molecule has 6 heteroatoms. The molecule has 0 saturated heterocycles. The molecule has 0 aromatic rings. The number of rotatable bonds is 8. The van der Waals surface area contributed by atoms with Gasteiger partial charge in [-0.2, -0.15) is 0 Å². The number of nitrogens with zero attached hydrogens (tertiary/aromatic N) is 2. The minimum Gasteiger partial charge on any atom is -0.481 e. The second-order valence-corrected chi connectivity index (χ2v) is 4.45. The van der Waals surface area contributed by atoms with Gasteiger partial charge in [-0.3, -0.25) is 14.5 Å². The fourth-order valence-electron chi connectivity index (χ4n) is 1.32. The van der Waals surface area contributed by atoms with Crippen LogP contribution in [-0.4, -0.2) is 74.1 Å². The van der Waals surface area contributed by atoms with E-state index in [2.05, 4.69) is 5.32 Å². The summed E-state index contributed by atoms with van der Waals surface area (Å²) in [5, 5.41) is 11.4. The number of carboxylic acids is 1. The van der Waals surface area contributed by atoms with Crippen LogP contribution in [0.5, 0.6) is 0 Å². The van der Waals surface area contributed by atoms with Crippen LogP contribution in [0.3, 0.4) is 0 Å². The normalized spacial score (nSPS) is 12.8. The minimum atomic E-state index is -0.836. The van der Waals surface area contributed by atoms with Gasteiger partial charge in [-0.05, 0) is 14.1 Å². The SMILES string of the molecule is CNC(=O)CN(CCN(C)C)CC(C)C(=O)O. The maximum Gasteiger partial charge on any atom is 0.307 e. The number of nitrogens with one attached hydrogen (secondary N) is 1. The molecular weight excluding hydrogens is 222 g/mol. The van der Waals surface area contributed by atoms with E-state index in [1.807, 2.05) is 23.9 Å². The van der Waals surface area contributed by atoms with Crippen molar-refractivity contribution in [3.8, 4) is 0 Å². The Hall–Kier alpha value is -1.14. The number of hydrogen-bond acceptors (Lipinski definition) is 4. The van der Waals surface area contributed by atoms with Crippen LogP contribution in [0.15, 0.2) is 0 Å². The lowest BCUT2D eigenvalue weighted by Gasteiger charge is -2.24. The van der Waals surface area contributed by atoms with E-state index >= 15 is 0 Å². The molecule has 0 saturated carbocycles. The molecule has 0 rings (SSSR count). The Kier molecular flexibility index (Phi) is 7.49. The van der Waals surface area contributed by atoms with E-state index in [1.165, 1.54) is 0 Å². The highest BCUT2D eigenvalue weighted by atomic mass is 16.4. The maximum absolute atomic E-state index is 11.3. The van der Waals surface area contributed by atoms with E-state index in [9.17, 15) is 9.59 Å². The second kappa shape index (κ2) is 8.03. The van der Waals surface area contributed by atoms with Gasteiger partial charge >= 0.3 is 5.97 Å². The molecule has 0 aliphatic carbocycles. The van der Waals surface area contributed by atoms with E-state index < -0.39 is 11.9 Å². The van der Waals surface area contributed by atoms with Gasteiger partial charge in [0.2, 0.25) is 5.91 Å². The first-order chi connectivity index (χ1) is 7.86. The zero-order valence-electron chi connectivity index (χ0n) is 11.1. The van der Waals surface area contributed by atoms with Crippen molar-refractivity contribution in [2.24, 2.45) is 5.92 Å². The van der Waals surface area contributed by atoms with Gasteiger partial charge in [0.1, 0.15) is 0 Å². The number of hydrogen-bond donors (Lipinski definition) is 2. The van der Waals surface area contributed by atoms with Crippen LogP contribution in [0.2, 0.25) is 0 Å². The van der Waals surface area contributed by atoms with Crippen LogP contribution in [-0.2, 0) is 9.59 Å². The molecule has 0 aliphatic heterocycles. The highest BCUT2D eigenvalue weighted by Gasteiger charge is 2.17. The average Bonchev–Trinajstić information content (AvgIpc) is 2.25. The fraction of sp³-hybridized carbons (Fsp3) is 0.818. The first-order valence-electron chi connectivity index (χ1n) is 5.67. The van der Waals surface area contributed by atoms with Gasteiger partial charge in [0.05, 0.1) is 12.5 Å². The van der Waals surface area contributed by atoms with Crippen molar-refractivity contribution < 1.29 is 14.7 Å². The van der Waals surface area contributed by atoms with Gasteiger partial charge in [0.25, 0.3) is 0 Å². The van der Waals surface area contributed by atoms with Crippen LogP contribution in [0.25, 0.3) is 0 Å². The zero-order chi connectivity index (χ0) is 13.4. The molecular formula is C11H23N3O3. The molecule has 2 N–H and O–H groups in total. The van der Waals surface area contributed by atoms with Crippen molar-refractivity contribution in [2.75, 3.05) is 47.3 Å². The molecule has 0 heterocycles. The summed E-state index contributed by atoms with van der Waals surface area (Å²) in [6.07, 6.45) is 0. The number of carbonyl (C=O) groups excluding carboxylic acids is 1. The Morgan fingerprint density at radius 3 is 2.29 bits per heavy atom. The number of likely N-dealkylation sites (N-methyl/N-ethyl adjacent to an activating group) is 2. The van der Waals surface area contributed by atoms with Crippen LogP contribution in [0.1, 0.15) is 6.92 Å². The Morgan fingerprint density at radius 1 is 1.29 bits per heavy atom. The molecule has 1 amide bonds. The summed E-state index contributed by atoms with van der Waals surface area (Å²) in [7, 11) is 5.46. The Morgan fingerprint density at radius 2 is 1.88 bits per heavy atom. The van der Waals surface area contributed by atoms with E-state index in [1.54, 1.807) is 14.0 Å². The predicted octanol–water partition coefficient (Wildman–Crippen LogP) is -0.683. The third kappa shape index (κ3) is 7.70. The van der Waals surface area contributed by atoms with Crippen LogP contribution < -0.4 is 5.32 Å². The van der Waals surface area contributed by atoms with E-state index in [0.717, 1.165) is 6.54 Å². The van der Waals surface area contributed by atoms with Gasteiger partial charge in [0.15, 0.2) is 0 Å². The third-order valence-electron chi connectivity index (χ3n) is 2.46. The van der Waals surface area contributed by atoms with E-state index in [4.69, 9.17) is 5.11 Å². The summed E-state index contributed by atoms with van der Waals surface area (Å²) < 4.78 is 0. The second-order valence-electron chi connectivity index (χ2n) is 4.45. The molecule has 100 valence electrons. The molecule has 0 bridgehead atoms. The number of amides is 1. The number of carbonyl (C=O) groups is 2. The zero-order valence-corrected chi connectivity index (χ0v) is 11.1. The minimum absolute atomic E-state index is 0.0960.